The van der Waals surface area contributed by atoms with Crippen LogP contribution >= 0.6 is 0 Å². The topological polar surface area (TPSA) is 138 Å². The largest absolute Gasteiger partial charge is 0.394 e. The van der Waals surface area contributed by atoms with Crippen LogP contribution in [-0.4, -0.2) is 72.8 Å². The first-order valence-electron chi connectivity index (χ1n) is 8.93. The Labute approximate surface area is 150 Å². The molecule has 1 aliphatic heterocycles. The van der Waals surface area contributed by atoms with E-state index in [1.165, 1.54) is 19.2 Å². The lowest BCUT2D eigenvalue weighted by molar-refractivity contribution is -0.0511. The summed E-state index contributed by atoms with van der Waals surface area (Å²) in [6.45, 7) is -0.382. The van der Waals surface area contributed by atoms with Crippen LogP contribution in [0.4, 0.5) is 11.8 Å². The van der Waals surface area contributed by atoms with Crippen molar-refractivity contribution >= 4 is 22.9 Å². The first-order valence-corrected chi connectivity index (χ1v) is 8.93. The van der Waals surface area contributed by atoms with Gasteiger partial charge in [-0.25, -0.2) is 4.98 Å². The number of fused-ring (bicyclic) bond motifs is 1. The number of imidazole rings is 1. The highest BCUT2D eigenvalue weighted by molar-refractivity contribution is 5.84. The zero-order valence-electron chi connectivity index (χ0n) is 14.5. The monoisotopic (exact) mass is 364 g/mol. The van der Waals surface area contributed by atoms with Crippen molar-refractivity contribution in [2.75, 3.05) is 24.3 Å². The SMILES string of the molecule is CNc1nc(NC2CCCC2)c2ncn([C@@H]3O[C@H](CO)[C@@H](O)[C@H]3O)c2n1. The highest BCUT2D eigenvalue weighted by Crippen LogP contribution is 2.33. The Morgan fingerprint density at radius 2 is 2.00 bits per heavy atom. The van der Waals surface area contributed by atoms with E-state index < -0.39 is 24.5 Å². The Bertz CT molecular complexity index is 777. The van der Waals surface area contributed by atoms with Crippen molar-refractivity contribution < 1.29 is 20.1 Å². The first kappa shape index (κ1) is 17.4. The van der Waals surface area contributed by atoms with Gasteiger partial charge in [-0.3, -0.25) is 4.57 Å². The molecule has 0 spiro atoms. The molecule has 0 radical (unpaired) electrons. The molecule has 4 rings (SSSR count). The molecular formula is C16H24N6O4. The molecule has 0 bridgehead atoms. The maximum absolute atomic E-state index is 10.3. The van der Waals surface area contributed by atoms with Crippen molar-refractivity contribution in [3.05, 3.63) is 6.33 Å². The number of aliphatic hydroxyl groups is 3. The standard InChI is InChI=1S/C16H24N6O4/c1-17-16-20-13(19-8-4-2-3-5-8)10-14(21-16)22(7-18-10)15-12(25)11(24)9(6-23)26-15/h7-9,11-12,15,23-25H,2-6H2,1H3,(H2,17,19,20,21)/t9-,11-,12-,15-/m1/s1. The molecule has 2 aromatic heterocycles. The van der Waals surface area contributed by atoms with Gasteiger partial charge in [-0.1, -0.05) is 12.8 Å². The summed E-state index contributed by atoms with van der Waals surface area (Å²) in [6.07, 6.45) is 1.99. The van der Waals surface area contributed by atoms with Crippen LogP contribution in [0, 0.1) is 0 Å². The van der Waals surface area contributed by atoms with E-state index >= 15 is 0 Å². The Morgan fingerprint density at radius 1 is 1.23 bits per heavy atom. The molecular weight excluding hydrogens is 340 g/mol. The van der Waals surface area contributed by atoms with Crippen molar-refractivity contribution in [2.24, 2.45) is 0 Å². The van der Waals surface area contributed by atoms with Crippen LogP contribution in [-0.2, 0) is 4.74 Å². The molecule has 10 nitrogen and oxygen atoms in total. The molecule has 1 saturated carbocycles. The van der Waals surface area contributed by atoms with Crippen molar-refractivity contribution in [2.45, 2.75) is 56.3 Å². The van der Waals surface area contributed by atoms with Crippen LogP contribution < -0.4 is 10.6 Å². The highest BCUT2D eigenvalue weighted by atomic mass is 16.6. The molecule has 3 heterocycles. The Kier molecular flexibility index (Phi) is 4.65. The molecule has 0 aromatic carbocycles. The van der Waals surface area contributed by atoms with E-state index in [1.807, 2.05) is 0 Å². The molecule has 26 heavy (non-hydrogen) atoms. The molecule has 5 N–H and O–H groups in total. The molecule has 1 saturated heterocycles. The van der Waals surface area contributed by atoms with Gasteiger partial charge in [0.25, 0.3) is 0 Å². The van der Waals surface area contributed by atoms with Crippen LogP contribution in [0.3, 0.4) is 0 Å². The van der Waals surface area contributed by atoms with Gasteiger partial charge in [0.2, 0.25) is 5.95 Å². The lowest BCUT2D eigenvalue weighted by atomic mass is 10.1. The number of aromatic nitrogens is 4. The highest BCUT2D eigenvalue weighted by Gasteiger charge is 2.44. The molecule has 4 atom stereocenters. The van der Waals surface area contributed by atoms with Crippen LogP contribution in [0.1, 0.15) is 31.9 Å². The third kappa shape index (κ3) is 2.88. The van der Waals surface area contributed by atoms with Crippen LogP contribution in [0.25, 0.3) is 11.2 Å². The average molecular weight is 364 g/mol. The summed E-state index contributed by atoms with van der Waals surface area (Å²) in [5.74, 6) is 1.06. The minimum absolute atomic E-state index is 0.358. The van der Waals surface area contributed by atoms with Gasteiger partial charge in [0.15, 0.2) is 23.2 Å². The number of ether oxygens (including phenoxy) is 1. The third-order valence-electron chi connectivity index (χ3n) is 5.13. The maximum atomic E-state index is 10.3. The fourth-order valence-corrected chi connectivity index (χ4v) is 3.69. The molecule has 1 aliphatic carbocycles. The summed E-state index contributed by atoms with van der Waals surface area (Å²) >= 11 is 0. The summed E-state index contributed by atoms with van der Waals surface area (Å²) in [7, 11) is 1.73. The molecule has 2 fully saturated rings. The van der Waals surface area contributed by atoms with E-state index in [9.17, 15) is 15.3 Å². The summed E-state index contributed by atoms with van der Waals surface area (Å²) < 4.78 is 7.18. The molecule has 2 aliphatic rings. The Balaban J connectivity index is 1.72. The van der Waals surface area contributed by atoms with Gasteiger partial charge < -0.3 is 30.7 Å². The normalized spacial score (nSPS) is 29.5. The van der Waals surface area contributed by atoms with Crippen molar-refractivity contribution in [3.8, 4) is 0 Å². The molecule has 0 amide bonds. The number of nitrogens with zero attached hydrogens (tertiary/aromatic N) is 4. The Hall–Kier alpha value is -2.01. The second kappa shape index (κ2) is 6.95. The van der Waals surface area contributed by atoms with E-state index in [1.54, 1.807) is 11.6 Å². The quantitative estimate of drug-likeness (QED) is 0.490. The molecule has 10 heteroatoms. The minimum Gasteiger partial charge on any atom is -0.394 e. The van der Waals surface area contributed by atoms with E-state index in [2.05, 4.69) is 25.6 Å². The van der Waals surface area contributed by atoms with Crippen molar-refractivity contribution in [1.82, 2.24) is 19.5 Å². The van der Waals surface area contributed by atoms with Gasteiger partial charge in [0.05, 0.1) is 12.9 Å². The fourth-order valence-electron chi connectivity index (χ4n) is 3.69. The van der Waals surface area contributed by atoms with E-state index in [-0.39, 0.29) is 6.61 Å². The fraction of sp³-hybridized carbons (Fsp3) is 0.688. The van der Waals surface area contributed by atoms with Crippen molar-refractivity contribution in [3.63, 3.8) is 0 Å². The van der Waals surface area contributed by atoms with Gasteiger partial charge in [0, 0.05) is 13.1 Å². The number of hydrogen-bond acceptors (Lipinski definition) is 9. The number of nitrogens with one attached hydrogen (secondary N) is 2. The lowest BCUT2D eigenvalue weighted by Crippen LogP contribution is -2.33. The minimum atomic E-state index is -1.19. The van der Waals surface area contributed by atoms with Crippen LogP contribution in [0.5, 0.6) is 0 Å². The third-order valence-corrected chi connectivity index (χ3v) is 5.13. The average Bonchev–Trinajstić information content (AvgIpc) is 3.36. The van der Waals surface area contributed by atoms with Gasteiger partial charge in [-0.2, -0.15) is 9.97 Å². The number of rotatable bonds is 5. The predicted molar refractivity (Wildman–Crippen MR) is 93.8 cm³/mol. The lowest BCUT2D eigenvalue weighted by Gasteiger charge is -2.17. The smallest absolute Gasteiger partial charge is 0.226 e. The number of anilines is 2. The van der Waals surface area contributed by atoms with Gasteiger partial charge in [0.1, 0.15) is 18.3 Å². The van der Waals surface area contributed by atoms with Crippen molar-refractivity contribution in [1.29, 1.82) is 0 Å². The van der Waals surface area contributed by atoms with E-state index in [0.717, 1.165) is 12.8 Å². The van der Waals surface area contributed by atoms with Gasteiger partial charge >= 0.3 is 0 Å². The maximum Gasteiger partial charge on any atom is 0.226 e. The van der Waals surface area contributed by atoms with Crippen LogP contribution in [0.15, 0.2) is 6.33 Å². The summed E-state index contributed by atoms with van der Waals surface area (Å²) in [5.41, 5.74) is 1.06. The van der Waals surface area contributed by atoms with Gasteiger partial charge in [-0.05, 0) is 12.8 Å². The van der Waals surface area contributed by atoms with E-state index in [0.29, 0.717) is 29.0 Å². The number of hydrogen-bond donors (Lipinski definition) is 5. The zero-order valence-corrected chi connectivity index (χ0v) is 14.5. The second-order valence-electron chi connectivity index (χ2n) is 6.82. The predicted octanol–water partition coefficient (Wildman–Crippen LogP) is -0.166. The second-order valence-corrected chi connectivity index (χ2v) is 6.82. The Morgan fingerprint density at radius 3 is 2.65 bits per heavy atom. The van der Waals surface area contributed by atoms with E-state index in [4.69, 9.17) is 4.74 Å². The molecule has 0 unspecified atom stereocenters. The first-order chi connectivity index (χ1) is 12.6. The van der Waals surface area contributed by atoms with Gasteiger partial charge in [-0.15, -0.1) is 0 Å². The summed E-state index contributed by atoms with van der Waals surface area (Å²) in [4.78, 5) is 13.3. The summed E-state index contributed by atoms with van der Waals surface area (Å²) in [5, 5.41) is 36.0. The molecule has 2 aromatic rings. The summed E-state index contributed by atoms with van der Waals surface area (Å²) in [6, 6.07) is 0.358. The zero-order chi connectivity index (χ0) is 18.3. The molecule has 142 valence electrons. The van der Waals surface area contributed by atoms with Crippen LogP contribution in [0.2, 0.25) is 0 Å². The number of aliphatic hydroxyl groups excluding tert-OH is 3.